The van der Waals surface area contributed by atoms with Gasteiger partial charge in [0.2, 0.25) is 0 Å². The van der Waals surface area contributed by atoms with Gasteiger partial charge >= 0.3 is 0 Å². The molecule has 0 unspecified atom stereocenters. The SMILES string of the molecule is CC(C)CN(C)c1ccc(C(=O)NCc2nnc3n2CCC3)cc1. The Bertz CT molecular complexity index is 705. The summed E-state index contributed by atoms with van der Waals surface area (Å²) in [6, 6.07) is 7.73. The number of carbonyl (C=O) groups excluding carboxylic acids is 1. The van der Waals surface area contributed by atoms with E-state index in [2.05, 4.69) is 45.9 Å². The molecule has 0 aliphatic carbocycles. The van der Waals surface area contributed by atoms with Crippen molar-refractivity contribution in [2.24, 2.45) is 5.92 Å². The Kier molecular flexibility index (Phi) is 4.83. The molecule has 0 fully saturated rings. The van der Waals surface area contributed by atoms with Gasteiger partial charge in [0.15, 0.2) is 5.82 Å². The highest BCUT2D eigenvalue weighted by atomic mass is 16.1. The van der Waals surface area contributed by atoms with E-state index in [9.17, 15) is 4.79 Å². The van der Waals surface area contributed by atoms with E-state index in [1.165, 1.54) is 0 Å². The van der Waals surface area contributed by atoms with Crippen LogP contribution in [-0.2, 0) is 19.5 Å². The average molecular weight is 327 g/mol. The van der Waals surface area contributed by atoms with Crippen LogP contribution in [0.25, 0.3) is 0 Å². The zero-order valence-corrected chi connectivity index (χ0v) is 14.6. The van der Waals surface area contributed by atoms with Gasteiger partial charge in [-0.15, -0.1) is 10.2 Å². The predicted octanol–water partition coefficient (Wildman–Crippen LogP) is 2.25. The number of carbonyl (C=O) groups is 1. The number of aryl methyl sites for hydroxylation is 1. The van der Waals surface area contributed by atoms with Gasteiger partial charge in [0, 0.05) is 37.8 Å². The van der Waals surface area contributed by atoms with Crippen LogP contribution in [0.3, 0.4) is 0 Å². The van der Waals surface area contributed by atoms with Crippen LogP contribution in [0.4, 0.5) is 5.69 Å². The summed E-state index contributed by atoms with van der Waals surface area (Å²) in [6.07, 6.45) is 2.09. The van der Waals surface area contributed by atoms with E-state index in [0.29, 0.717) is 18.0 Å². The van der Waals surface area contributed by atoms with Crippen molar-refractivity contribution in [3.63, 3.8) is 0 Å². The van der Waals surface area contributed by atoms with Gasteiger partial charge in [-0.2, -0.15) is 0 Å². The maximum absolute atomic E-state index is 12.3. The van der Waals surface area contributed by atoms with Gasteiger partial charge in [-0.05, 0) is 36.6 Å². The quantitative estimate of drug-likeness (QED) is 0.884. The summed E-state index contributed by atoms with van der Waals surface area (Å²) in [7, 11) is 2.07. The average Bonchev–Trinajstić information content (AvgIpc) is 3.16. The third-order valence-corrected chi connectivity index (χ3v) is 4.30. The summed E-state index contributed by atoms with van der Waals surface area (Å²) in [4.78, 5) is 14.5. The van der Waals surface area contributed by atoms with Crippen molar-refractivity contribution in [2.75, 3.05) is 18.5 Å². The molecule has 2 aromatic rings. The first-order valence-corrected chi connectivity index (χ1v) is 8.55. The van der Waals surface area contributed by atoms with Gasteiger partial charge in [0.1, 0.15) is 5.82 Å². The van der Waals surface area contributed by atoms with Gasteiger partial charge in [-0.1, -0.05) is 13.8 Å². The molecule has 2 heterocycles. The second-order valence-electron chi connectivity index (χ2n) is 6.79. The number of anilines is 1. The Balaban J connectivity index is 1.59. The summed E-state index contributed by atoms with van der Waals surface area (Å²) in [5, 5.41) is 11.3. The molecule has 1 aliphatic heterocycles. The van der Waals surface area contributed by atoms with Gasteiger partial charge in [-0.3, -0.25) is 4.79 Å². The summed E-state index contributed by atoms with van der Waals surface area (Å²) in [5.41, 5.74) is 1.79. The molecule has 0 spiro atoms. The number of hydrogen-bond donors (Lipinski definition) is 1. The van der Waals surface area contributed by atoms with E-state index < -0.39 is 0 Å². The number of nitrogens with one attached hydrogen (secondary N) is 1. The lowest BCUT2D eigenvalue weighted by molar-refractivity contribution is 0.0949. The lowest BCUT2D eigenvalue weighted by Crippen LogP contribution is -2.25. The Morgan fingerprint density at radius 1 is 1.29 bits per heavy atom. The summed E-state index contributed by atoms with van der Waals surface area (Å²) in [5.74, 6) is 2.38. The molecule has 0 atom stereocenters. The fourth-order valence-corrected chi connectivity index (χ4v) is 3.12. The molecule has 0 saturated heterocycles. The molecule has 6 heteroatoms. The largest absolute Gasteiger partial charge is 0.374 e. The van der Waals surface area contributed by atoms with Crippen molar-refractivity contribution in [2.45, 2.75) is 39.8 Å². The van der Waals surface area contributed by atoms with Crippen molar-refractivity contribution in [3.05, 3.63) is 41.5 Å². The number of nitrogens with zero attached hydrogens (tertiary/aromatic N) is 4. The number of hydrogen-bond acceptors (Lipinski definition) is 4. The normalized spacial score (nSPS) is 13.2. The van der Waals surface area contributed by atoms with Gasteiger partial charge in [0.25, 0.3) is 5.91 Å². The van der Waals surface area contributed by atoms with E-state index in [0.717, 1.165) is 43.3 Å². The van der Waals surface area contributed by atoms with Crippen molar-refractivity contribution in [1.29, 1.82) is 0 Å². The minimum atomic E-state index is -0.0802. The molecular weight excluding hydrogens is 302 g/mol. The van der Waals surface area contributed by atoms with Crippen LogP contribution in [0.15, 0.2) is 24.3 Å². The van der Waals surface area contributed by atoms with E-state index in [1.54, 1.807) is 0 Å². The number of benzene rings is 1. The second-order valence-corrected chi connectivity index (χ2v) is 6.79. The molecule has 3 rings (SSSR count). The zero-order valence-electron chi connectivity index (χ0n) is 14.6. The third-order valence-electron chi connectivity index (χ3n) is 4.30. The van der Waals surface area contributed by atoms with Crippen LogP contribution in [0, 0.1) is 5.92 Å². The molecule has 1 N–H and O–H groups in total. The van der Waals surface area contributed by atoms with Crippen LogP contribution in [0.1, 0.15) is 42.3 Å². The first-order chi connectivity index (χ1) is 11.5. The fourth-order valence-electron chi connectivity index (χ4n) is 3.12. The topological polar surface area (TPSA) is 63.1 Å². The van der Waals surface area contributed by atoms with Crippen molar-refractivity contribution >= 4 is 11.6 Å². The lowest BCUT2D eigenvalue weighted by Gasteiger charge is -2.21. The van der Waals surface area contributed by atoms with E-state index in [-0.39, 0.29) is 5.91 Å². The Morgan fingerprint density at radius 3 is 2.75 bits per heavy atom. The highest BCUT2D eigenvalue weighted by Gasteiger charge is 2.17. The third kappa shape index (κ3) is 3.58. The van der Waals surface area contributed by atoms with Gasteiger partial charge in [0.05, 0.1) is 6.54 Å². The minimum Gasteiger partial charge on any atom is -0.374 e. The molecule has 6 nitrogen and oxygen atoms in total. The van der Waals surface area contributed by atoms with Crippen LogP contribution in [-0.4, -0.2) is 34.3 Å². The first-order valence-electron chi connectivity index (χ1n) is 8.55. The van der Waals surface area contributed by atoms with E-state index >= 15 is 0 Å². The molecule has 0 radical (unpaired) electrons. The maximum Gasteiger partial charge on any atom is 0.251 e. The Labute approximate surface area is 142 Å². The van der Waals surface area contributed by atoms with Gasteiger partial charge in [-0.25, -0.2) is 0 Å². The number of aromatic nitrogens is 3. The monoisotopic (exact) mass is 327 g/mol. The molecule has 1 aromatic carbocycles. The van der Waals surface area contributed by atoms with Crippen LogP contribution < -0.4 is 10.2 Å². The number of fused-ring (bicyclic) bond motifs is 1. The molecule has 1 aliphatic rings. The van der Waals surface area contributed by atoms with Gasteiger partial charge < -0.3 is 14.8 Å². The molecule has 0 saturated carbocycles. The van der Waals surface area contributed by atoms with Crippen molar-refractivity contribution in [3.8, 4) is 0 Å². The smallest absolute Gasteiger partial charge is 0.251 e. The second kappa shape index (κ2) is 7.03. The molecular formula is C18H25N5O. The van der Waals surface area contributed by atoms with E-state index in [4.69, 9.17) is 0 Å². The molecule has 1 aromatic heterocycles. The lowest BCUT2D eigenvalue weighted by atomic mass is 10.1. The standard InChI is InChI=1S/C18H25N5O/c1-13(2)12-22(3)15-8-6-14(7-9-15)18(24)19-11-17-21-20-16-5-4-10-23(16)17/h6-9,13H,4-5,10-12H2,1-3H3,(H,19,24). The van der Waals surface area contributed by atoms with Crippen LogP contribution >= 0.6 is 0 Å². The fraction of sp³-hybridized carbons (Fsp3) is 0.500. The predicted molar refractivity (Wildman–Crippen MR) is 94.1 cm³/mol. The Hall–Kier alpha value is -2.37. The first kappa shape index (κ1) is 16.5. The maximum atomic E-state index is 12.3. The molecule has 24 heavy (non-hydrogen) atoms. The molecule has 128 valence electrons. The van der Waals surface area contributed by atoms with Crippen molar-refractivity contribution in [1.82, 2.24) is 20.1 Å². The van der Waals surface area contributed by atoms with Crippen LogP contribution in [0.5, 0.6) is 0 Å². The summed E-state index contributed by atoms with van der Waals surface area (Å²) in [6.45, 7) is 6.74. The zero-order chi connectivity index (χ0) is 17.1. The number of rotatable bonds is 6. The highest BCUT2D eigenvalue weighted by Crippen LogP contribution is 2.16. The highest BCUT2D eigenvalue weighted by molar-refractivity contribution is 5.94. The number of amides is 1. The van der Waals surface area contributed by atoms with Crippen LogP contribution in [0.2, 0.25) is 0 Å². The molecule has 0 bridgehead atoms. The minimum absolute atomic E-state index is 0.0802. The summed E-state index contributed by atoms with van der Waals surface area (Å²) < 4.78 is 2.10. The van der Waals surface area contributed by atoms with Crippen molar-refractivity contribution < 1.29 is 4.79 Å². The molecule has 1 amide bonds. The summed E-state index contributed by atoms with van der Waals surface area (Å²) >= 11 is 0. The Morgan fingerprint density at radius 2 is 2.04 bits per heavy atom. The van der Waals surface area contributed by atoms with E-state index in [1.807, 2.05) is 24.3 Å².